The van der Waals surface area contributed by atoms with Gasteiger partial charge in [0.15, 0.2) is 6.73 Å². The predicted octanol–water partition coefficient (Wildman–Crippen LogP) is 2.37. The van der Waals surface area contributed by atoms with Crippen molar-refractivity contribution in [2.24, 2.45) is 4.99 Å². The third kappa shape index (κ3) is 3.64. The van der Waals surface area contributed by atoms with Crippen molar-refractivity contribution in [2.75, 3.05) is 19.2 Å². The summed E-state index contributed by atoms with van der Waals surface area (Å²) in [6.45, 7) is 0.298. The van der Waals surface area contributed by atoms with Crippen LogP contribution in [-0.4, -0.2) is 19.0 Å². The monoisotopic (exact) mass is 210 g/mol. The number of rotatable bonds is 5. The van der Waals surface area contributed by atoms with E-state index >= 15 is 0 Å². The molecule has 1 aromatic carbocycles. The zero-order chi connectivity index (χ0) is 10.2. The van der Waals surface area contributed by atoms with Gasteiger partial charge in [0.2, 0.25) is 0 Å². The van der Waals surface area contributed by atoms with Crippen LogP contribution < -0.4 is 5.32 Å². The van der Waals surface area contributed by atoms with Crippen LogP contribution in [0.4, 0.5) is 11.4 Å². The molecular formula is C9H10N2O2S. The third-order valence-electron chi connectivity index (χ3n) is 1.50. The molecule has 1 N–H and O–H groups in total. The summed E-state index contributed by atoms with van der Waals surface area (Å²) in [6.07, 6.45) is 0. The van der Waals surface area contributed by atoms with Crippen molar-refractivity contribution in [2.45, 2.75) is 0 Å². The Balaban J connectivity index is 2.50. The highest BCUT2D eigenvalue weighted by molar-refractivity contribution is 7.78. The maximum atomic E-state index is 4.65. The van der Waals surface area contributed by atoms with Crippen molar-refractivity contribution in [3.63, 3.8) is 0 Å². The van der Waals surface area contributed by atoms with Crippen LogP contribution in [0.15, 0.2) is 29.3 Å². The summed E-state index contributed by atoms with van der Waals surface area (Å²) in [5.41, 5.74) is 1.70. The van der Waals surface area contributed by atoms with E-state index in [1.807, 2.05) is 24.3 Å². The Morgan fingerprint density at radius 3 is 2.71 bits per heavy atom. The van der Waals surface area contributed by atoms with Gasteiger partial charge < -0.3 is 5.32 Å². The predicted molar refractivity (Wildman–Crippen MR) is 57.7 cm³/mol. The fraction of sp³-hybridized carbons (Fsp3) is 0.222. The first-order valence-corrected chi connectivity index (χ1v) is 4.35. The van der Waals surface area contributed by atoms with Crippen LogP contribution >= 0.6 is 12.2 Å². The Labute approximate surface area is 87.5 Å². The standard InChI is InChI=1S/C9H10N2O2S/c1-12-13-6-10-8-2-4-9(5-3-8)11-7-14/h2-5,10H,6H2,1H3. The van der Waals surface area contributed by atoms with Crippen molar-refractivity contribution >= 4 is 28.8 Å². The van der Waals surface area contributed by atoms with E-state index in [0.29, 0.717) is 6.73 Å². The molecule has 0 aliphatic heterocycles. The van der Waals surface area contributed by atoms with Crippen LogP contribution in [0.3, 0.4) is 0 Å². The fourth-order valence-electron chi connectivity index (χ4n) is 0.878. The van der Waals surface area contributed by atoms with Gasteiger partial charge in [-0.1, -0.05) is 0 Å². The Morgan fingerprint density at radius 2 is 2.14 bits per heavy atom. The number of nitrogens with one attached hydrogen (secondary N) is 1. The Kier molecular flexibility index (Phi) is 4.82. The lowest BCUT2D eigenvalue weighted by Crippen LogP contribution is -2.04. The van der Waals surface area contributed by atoms with Crippen molar-refractivity contribution in [3.8, 4) is 0 Å². The summed E-state index contributed by atoms with van der Waals surface area (Å²) >= 11 is 4.48. The third-order valence-corrected chi connectivity index (χ3v) is 1.59. The summed E-state index contributed by atoms with van der Waals surface area (Å²) in [5.74, 6) is 0. The first-order chi connectivity index (χ1) is 6.86. The van der Waals surface area contributed by atoms with E-state index in [0.717, 1.165) is 11.4 Å². The van der Waals surface area contributed by atoms with Crippen molar-refractivity contribution in [1.82, 2.24) is 0 Å². The minimum absolute atomic E-state index is 0.298. The molecule has 0 radical (unpaired) electrons. The normalized spacial score (nSPS) is 9.21. The summed E-state index contributed by atoms with van der Waals surface area (Å²) in [6, 6.07) is 7.39. The van der Waals surface area contributed by atoms with Crippen molar-refractivity contribution in [3.05, 3.63) is 24.3 Å². The quantitative estimate of drug-likeness (QED) is 0.202. The van der Waals surface area contributed by atoms with Crippen LogP contribution in [0.25, 0.3) is 0 Å². The topological polar surface area (TPSA) is 42.9 Å². The largest absolute Gasteiger partial charge is 0.360 e. The maximum Gasteiger partial charge on any atom is 0.151 e. The molecule has 1 aromatic rings. The molecule has 0 saturated heterocycles. The Bertz CT molecular complexity index is 320. The number of hydrogen-bond acceptors (Lipinski definition) is 5. The van der Waals surface area contributed by atoms with Gasteiger partial charge >= 0.3 is 0 Å². The van der Waals surface area contributed by atoms with Crippen LogP contribution in [0, 0.1) is 0 Å². The second-order valence-corrected chi connectivity index (χ2v) is 2.54. The minimum atomic E-state index is 0.298. The molecule has 0 saturated carbocycles. The summed E-state index contributed by atoms with van der Waals surface area (Å²) in [4.78, 5) is 12.9. The molecule has 0 fully saturated rings. The van der Waals surface area contributed by atoms with E-state index in [4.69, 9.17) is 0 Å². The van der Waals surface area contributed by atoms with Crippen LogP contribution in [0.1, 0.15) is 0 Å². The molecule has 5 heteroatoms. The molecule has 0 bridgehead atoms. The van der Waals surface area contributed by atoms with Crippen LogP contribution in [-0.2, 0) is 9.78 Å². The highest BCUT2D eigenvalue weighted by Crippen LogP contribution is 2.15. The zero-order valence-corrected chi connectivity index (χ0v) is 8.50. The van der Waals surface area contributed by atoms with Gasteiger partial charge in [-0.25, -0.2) is 9.78 Å². The number of nitrogens with zero attached hydrogens (tertiary/aromatic N) is 1. The second kappa shape index (κ2) is 6.23. The fourth-order valence-corrected chi connectivity index (χ4v) is 0.984. The van der Waals surface area contributed by atoms with E-state index in [1.54, 1.807) is 0 Å². The number of thiocarbonyl (C=S) groups is 1. The molecule has 74 valence electrons. The van der Waals surface area contributed by atoms with E-state index in [2.05, 4.69) is 37.5 Å². The molecule has 4 nitrogen and oxygen atoms in total. The van der Waals surface area contributed by atoms with Gasteiger partial charge in [-0.3, -0.25) is 0 Å². The molecule has 14 heavy (non-hydrogen) atoms. The lowest BCUT2D eigenvalue weighted by Gasteiger charge is -2.04. The average Bonchev–Trinajstić information content (AvgIpc) is 2.21. The van der Waals surface area contributed by atoms with Crippen molar-refractivity contribution < 1.29 is 9.78 Å². The zero-order valence-electron chi connectivity index (χ0n) is 7.69. The lowest BCUT2D eigenvalue weighted by molar-refractivity contribution is -0.266. The maximum absolute atomic E-state index is 4.65. The lowest BCUT2D eigenvalue weighted by atomic mass is 10.3. The van der Waals surface area contributed by atoms with E-state index < -0.39 is 0 Å². The molecule has 0 aliphatic rings. The van der Waals surface area contributed by atoms with Crippen molar-refractivity contribution in [1.29, 1.82) is 0 Å². The van der Waals surface area contributed by atoms with E-state index in [9.17, 15) is 0 Å². The number of aliphatic imine (C=N–C) groups is 1. The molecule has 0 heterocycles. The molecule has 0 spiro atoms. The Morgan fingerprint density at radius 1 is 1.43 bits per heavy atom. The minimum Gasteiger partial charge on any atom is -0.360 e. The number of isothiocyanates is 1. The number of hydrogen-bond donors (Lipinski definition) is 1. The summed E-state index contributed by atoms with van der Waals surface area (Å²) in [7, 11) is 1.46. The first-order valence-electron chi connectivity index (χ1n) is 3.94. The van der Waals surface area contributed by atoms with Crippen LogP contribution in [0.2, 0.25) is 0 Å². The highest BCUT2D eigenvalue weighted by Gasteiger charge is 1.91. The molecule has 0 aliphatic carbocycles. The van der Waals surface area contributed by atoms with Gasteiger partial charge in [-0.2, -0.15) is 4.99 Å². The van der Waals surface area contributed by atoms with Gasteiger partial charge in [-0.15, -0.1) is 0 Å². The van der Waals surface area contributed by atoms with Crippen LogP contribution in [0.5, 0.6) is 0 Å². The Hall–Kier alpha value is -1.26. The molecule has 0 aromatic heterocycles. The molecule has 0 amide bonds. The average molecular weight is 210 g/mol. The number of benzene rings is 1. The number of anilines is 1. The second-order valence-electron chi connectivity index (χ2n) is 2.36. The van der Waals surface area contributed by atoms with E-state index in [-0.39, 0.29) is 0 Å². The van der Waals surface area contributed by atoms with Gasteiger partial charge in [0.25, 0.3) is 0 Å². The molecular weight excluding hydrogens is 200 g/mol. The summed E-state index contributed by atoms with van der Waals surface area (Å²) in [5, 5.41) is 5.28. The first kappa shape index (κ1) is 10.8. The molecule has 0 unspecified atom stereocenters. The van der Waals surface area contributed by atoms with Gasteiger partial charge in [0.05, 0.1) is 18.0 Å². The van der Waals surface area contributed by atoms with Gasteiger partial charge in [-0.05, 0) is 36.5 Å². The van der Waals surface area contributed by atoms with E-state index in [1.165, 1.54) is 7.11 Å². The summed E-state index contributed by atoms with van der Waals surface area (Å²) < 4.78 is 0. The highest BCUT2D eigenvalue weighted by atomic mass is 32.1. The van der Waals surface area contributed by atoms with Gasteiger partial charge in [0, 0.05) is 5.69 Å². The smallest absolute Gasteiger partial charge is 0.151 e. The SMILES string of the molecule is COOCNc1ccc(N=C=S)cc1. The van der Waals surface area contributed by atoms with Gasteiger partial charge in [0.1, 0.15) is 0 Å². The molecule has 0 atom stereocenters. The molecule has 1 rings (SSSR count).